The lowest BCUT2D eigenvalue weighted by Crippen LogP contribution is -2.25. The quantitative estimate of drug-likeness (QED) is 0.939. The molecule has 1 aliphatic heterocycles. The summed E-state index contributed by atoms with van der Waals surface area (Å²) < 4.78 is 0. The average molecular weight is 297 g/mol. The maximum Gasteiger partial charge on any atom is 0.244 e. The molecule has 0 amide bonds. The second-order valence-corrected chi connectivity index (χ2v) is 5.82. The molecule has 1 aliphatic rings. The largest absolute Gasteiger partial charge is 0.355 e. The van der Waals surface area contributed by atoms with Gasteiger partial charge in [-0.15, -0.1) is 5.10 Å². The van der Waals surface area contributed by atoms with Crippen LogP contribution in [0.25, 0.3) is 0 Å². The molecule has 2 heterocycles. The van der Waals surface area contributed by atoms with E-state index in [1.165, 1.54) is 36.8 Å². The molecule has 0 atom stereocenters. The Balaban J connectivity index is 1.67. The van der Waals surface area contributed by atoms with E-state index in [0.717, 1.165) is 25.5 Å². The van der Waals surface area contributed by atoms with Crippen LogP contribution in [0.3, 0.4) is 0 Å². The molecule has 0 spiro atoms. The first kappa shape index (κ1) is 14.8. The van der Waals surface area contributed by atoms with Crippen molar-refractivity contribution in [1.29, 1.82) is 0 Å². The van der Waals surface area contributed by atoms with Crippen LogP contribution in [0.5, 0.6) is 0 Å². The molecule has 5 nitrogen and oxygen atoms in total. The smallest absolute Gasteiger partial charge is 0.244 e. The van der Waals surface area contributed by atoms with E-state index in [0.29, 0.717) is 5.95 Å². The monoisotopic (exact) mass is 297 g/mol. The lowest BCUT2D eigenvalue weighted by molar-refractivity contribution is 0.726. The Morgan fingerprint density at radius 3 is 2.64 bits per heavy atom. The Kier molecular flexibility index (Phi) is 4.83. The summed E-state index contributed by atoms with van der Waals surface area (Å²) in [5, 5.41) is 11.5. The molecule has 0 aliphatic carbocycles. The van der Waals surface area contributed by atoms with Crippen LogP contribution in [0.1, 0.15) is 36.8 Å². The van der Waals surface area contributed by atoms with Gasteiger partial charge in [0.25, 0.3) is 0 Å². The number of nitrogens with one attached hydrogen (secondary N) is 1. The Labute approximate surface area is 131 Å². The standard InChI is InChI=1S/C17H23N5/c1-14-8-4-5-9-15(14)12-18-17-20-16(13-19-21-17)22-10-6-2-3-7-11-22/h4-5,8-9,13H,2-3,6-7,10-12H2,1H3,(H,18,20,21). The molecule has 0 bridgehead atoms. The molecule has 1 aromatic carbocycles. The summed E-state index contributed by atoms with van der Waals surface area (Å²) in [6.45, 7) is 4.97. The van der Waals surface area contributed by atoms with Gasteiger partial charge in [-0.2, -0.15) is 10.1 Å². The third-order valence-corrected chi connectivity index (χ3v) is 4.17. The van der Waals surface area contributed by atoms with Crippen LogP contribution in [0.2, 0.25) is 0 Å². The van der Waals surface area contributed by atoms with Gasteiger partial charge in [-0.1, -0.05) is 37.1 Å². The fraction of sp³-hybridized carbons (Fsp3) is 0.471. The van der Waals surface area contributed by atoms with Crippen molar-refractivity contribution in [3.63, 3.8) is 0 Å². The Morgan fingerprint density at radius 2 is 1.86 bits per heavy atom. The average Bonchev–Trinajstić information content (AvgIpc) is 2.84. The third kappa shape index (κ3) is 3.72. The van der Waals surface area contributed by atoms with E-state index in [2.05, 4.69) is 56.6 Å². The van der Waals surface area contributed by atoms with E-state index in [9.17, 15) is 0 Å². The van der Waals surface area contributed by atoms with Crippen LogP contribution in [0.15, 0.2) is 30.5 Å². The van der Waals surface area contributed by atoms with Crippen molar-refractivity contribution >= 4 is 11.8 Å². The lowest BCUT2D eigenvalue weighted by Gasteiger charge is -2.21. The predicted molar refractivity (Wildman–Crippen MR) is 89.0 cm³/mol. The second kappa shape index (κ2) is 7.20. The molecule has 3 rings (SSSR count). The van der Waals surface area contributed by atoms with Crippen molar-refractivity contribution in [2.24, 2.45) is 0 Å². The first-order valence-corrected chi connectivity index (χ1v) is 8.06. The highest BCUT2D eigenvalue weighted by Crippen LogP contribution is 2.17. The van der Waals surface area contributed by atoms with Gasteiger partial charge in [0.15, 0.2) is 5.82 Å². The van der Waals surface area contributed by atoms with Crippen molar-refractivity contribution in [3.8, 4) is 0 Å². The summed E-state index contributed by atoms with van der Waals surface area (Å²) in [7, 11) is 0. The topological polar surface area (TPSA) is 53.9 Å². The molecule has 5 heteroatoms. The van der Waals surface area contributed by atoms with Crippen molar-refractivity contribution < 1.29 is 0 Å². The van der Waals surface area contributed by atoms with Gasteiger partial charge in [0.2, 0.25) is 5.95 Å². The zero-order chi connectivity index (χ0) is 15.2. The van der Waals surface area contributed by atoms with E-state index in [4.69, 9.17) is 0 Å². The van der Waals surface area contributed by atoms with E-state index in [-0.39, 0.29) is 0 Å². The minimum atomic E-state index is 0.602. The third-order valence-electron chi connectivity index (χ3n) is 4.17. The Hall–Kier alpha value is -2.17. The molecular weight excluding hydrogens is 274 g/mol. The zero-order valence-electron chi connectivity index (χ0n) is 13.1. The molecule has 116 valence electrons. The molecule has 22 heavy (non-hydrogen) atoms. The summed E-state index contributed by atoms with van der Waals surface area (Å²) in [4.78, 5) is 6.94. The minimum Gasteiger partial charge on any atom is -0.355 e. The van der Waals surface area contributed by atoms with Crippen molar-refractivity contribution in [1.82, 2.24) is 15.2 Å². The van der Waals surface area contributed by atoms with Crippen molar-refractivity contribution in [2.45, 2.75) is 39.2 Å². The highest BCUT2D eigenvalue weighted by atomic mass is 15.3. The van der Waals surface area contributed by atoms with Gasteiger partial charge in [0.05, 0.1) is 6.20 Å². The van der Waals surface area contributed by atoms with Gasteiger partial charge >= 0.3 is 0 Å². The fourth-order valence-corrected chi connectivity index (χ4v) is 2.80. The van der Waals surface area contributed by atoms with Gasteiger partial charge in [-0.05, 0) is 30.9 Å². The SMILES string of the molecule is Cc1ccccc1CNc1nncc(N2CCCCCC2)n1. The van der Waals surface area contributed by atoms with E-state index in [1.54, 1.807) is 6.20 Å². The van der Waals surface area contributed by atoms with Crippen LogP contribution < -0.4 is 10.2 Å². The number of aromatic nitrogens is 3. The highest BCUT2D eigenvalue weighted by molar-refractivity contribution is 5.41. The molecule has 0 unspecified atom stereocenters. The summed E-state index contributed by atoms with van der Waals surface area (Å²) >= 11 is 0. The number of anilines is 2. The van der Waals surface area contributed by atoms with Gasteiger partial charge < -0.3 is 10.2 Å². The predicted octanol–water partition coefficient (Wildman–Crippen LogP) is 3.17. The summed E-state index contributed by atoms with van der Waals surface area (Å²) in [6.07, 6.45) is 6.86. The number of aryl methyl sites for hydroxylation is 1. The summed E-state index contributed by atoms with van der Waals surface area (Å²) in [5.41, 5.74) is 2.53. The molecule has 0 radical (unpaired) electrons. The fourth-order valence-electron chi connectivity index (χ4n) is 2.80. The van der Waals surface area contributed by atoms with Gasteiger partial charge in [-0.3, -0.25) is 0 Å². The zero-order valence-corrected chi connectivity index (χ0v) is 13.1. The number of rotatable bonds is 4. The van der Waals surface area contributed by atoms with Crippen molar-refractivity contribution in [2.75, 3.05) is 23.3 Å². The van der Waals surface area contributed by atoms with E-state index < -0.39 is 0 Å². The molecule has 1 saturated heterocycles. The number of hydrogen-bond donors (Lipinski definition) is 1. The first-order chi connectivity index (χ1) is 10.8. The van der Waals surface area contributed by atoms with Crippen LogP contribution in [0.4, 0.5) is 11.8 Å². The summed E-state index contributed by atoms with van der Waals surface area (Å²) in [6, 6.07) is 8.34. The van der Waals surface area contributed by atoms with Gasteiger partial charge in [-0.25, -0.2) is 0 Å². The molecule has 1 aromatic heterocycles. The van der Waals surface area contributed by atoms with E-state index >= 15 is 0 Å². The lowest BCUT2D eigenvalue weighted by atomic mass is 10.1. The van der Waals surface area contributed by atoms with Crippen LogP contribution in [-0.4, -0.2) is 28.3 Å². The first-order valence-electron chi connectivity index (χ1n) is 8.06. The number of hydrogen-bond acceptors (Lipinski definition) is 5. The number of nitrogens with zero attached hydrogens (tertiary/aromatic N) is 4. The molecule has 0 saturated carbocycles. The molecular formula is C17H23N5. The number of benzene rings is 1. The molecule has 2 aromatic rings. The normalized spacial score (nSPS) is 15.4. The van der Waals surface area contributed by atoms with Crippen LogP contribution >= 0.6 is 0 Å². The van der Waals surface area contributed by atoms with E-state index in [1.807, 2.05) is 0 Å². The van der Waals surface area contributed by atoms with Crippen LogP contribution in [0, 0.1) is 6.92 Å². The maximum absolute atomic E-state index is 4.62. The summed E-state index contributed by atoms with van der Waals surface area (Å²) in [5.74, 6) is 1.54. The van der Waals surface area contributed by atoms with Gasteiger partial charge in [0.1, 0.15) is 0 Å². The molecule has 1 N–H and O–H groups in total. The minimum absolute atomic E-state index is 0.602. The Bertz CT molecular complexity index is 606. The van der Waals surface area contributed by atoms with Crippen molar-refractivity contribution in [3.05, 3.63) is 41.6 Å². The van der Waals surface area contributed by atoms with Gasteiger partial charge in [0, 0.05) is 19.6 Å². The second-order valence-electron chi connectivity index (χ2n) is 5.82. The Morgan fingerprint density at radius 1 is 1.09 bits per heavy atom. The van der Waals surface area contributed by atoms with Crippen LogP contribution in [-0.2, 0) is 6.54 Å². The highest BCUT2D eigenvalue weighted by Gasteiger charge is 2.12. The molecule has 1 fully saturated rings. The maximum atomic E-state index is 4.62.